The van der Waals surface area contributed by atoms with Crippen molar-refractivity contribution in [1.82, 2.24) is 4.98 Å². The van der Waals surface area contributed by atoms with E-state index in [0.29, 0.717) is 12.5 Å². The molecular formula is C15H24N2O2. The molecule has 1 aliphatic rings. The molecule has 0 radical (unpaired) electrons. The smallest absolute Gasteiger partial charge is 0.0983 e. The Morgan fingerprint density at radius 2 is 2.37 bits per heavy atom. The molecule has 0 spiro atoms. The average molecular weight is 264 g/mol. The summed E-state index contributed by atoms with van der Waals surface area (Å²) < 4.78 is 10.8. The van der Waals surface area contributed by atoms with E-state index in [0.717, 1.165) is 26.1 Å². The summed E-state index contributed by atoms with van der Waals surface area (Å²) in [7, 11) is 1.71. The predicted octanol–water partition coefficient (Wildman–Crippen LogP) is 2.45. The van der Waals surface area contributed by atoms with Crippen LogP contribution >= 0.6 is 0 Å². The molecule has 1 saturated heterocycles. The summed E-state index contributed by atoms with van der Waals surface area (Å²) in [6, 6.07) is 4.31. The summed E-state index contributed by atoms with van der Waals surface area (Å²) in [5.74, 6) is 0.528. The van der Waals surface area contributed by atoms with Crippen LogP contribution in [0.25, 0.3) is 0 Å². The zero-order valence-corrected chi connectivity index (χ0v) is 12.1. The molecule has 1 aromatic heterocycles. The van der Waals surface area contributed by atoms with Gasteiger partial charge in [-0.15, -0.1) is 0 Å². The van der Waals surface area contributed by atoms with Crippen LogP contribution in [0.15, 0.2) is 18.3 Å². The molecule has 1 aliphatic heterocycles. The highest BCUT2D eigenvalue weighted by atomic mass is 16.5. The van der Waals surface area contributed by atoms with Crippen molar-refractivity contribution in [2.45, 2.75) is 32.3 Å². The van der Waals surface area contributed by atoms with Crippen LogP contribution in [0.5, 0.6) is 0 Å². The summed E-state index contributed by atoms with van der Waals surface area (Å²) in [5.41, 5.74) is 2.35. The number of hydrogen-bond donors (Lipinski definition) is 0. The molecule has 0 aliphatic carbocycles. The summed E-state index contributed by atoms with van der Waals surface area (Å²) in [6.45, 7) is 7.60. The average Bonchev–Trinajstić information content (AvgIpc) is 2.47. The third-order valence-electron chi connectivity index (χ3n) is 3.74. The largest absolute Gasteiger partial charge is 0.382 e. The lowest BCUT2D eigenvalue weighted by atomic mass is 10.0. The van der Waals surface area contributed by atoms with Gasteiger partial charge in [-0.25, -0.2) is 0 Å². The molecule has 106 valence electrons. The zero-order valence-electron chi connectivity index (χ0n) is 12.1. The first-order chi connectivity index (χ1) is 9.24. The Hall–Kier alpha value is -1.13. The van der Waals surface area contributed by atoms with Crippen molar-refractivity contribution >= 4 is 5.69 Å². The van der Waals surface area contributed by atoms with Crippen LogP contribution in [0.4, 0.5) is 5.69 Å². The lowest BCUT2D eigenvalue weighted by molar-refractivity contribution is -0.0100. The van der Waals surface area contributed by atoms with Gasteiger partial charge in [0, 0.05) is 25.9 Å². The fourth-order valence-corrected chi connectivity index (χ4v) is 2.33. The highest BCUT2D eigenvalue weighted by molar-refractivity contribution is 5.45. The van der Waals surface area contributed by atoms with Crippen molar-refractivity contribution < 1.29 is 9.47 Å². The monoisotopic (exact) mass is 264 g/mol. The van der Waals surface area contributed by atoms with Gasteiger partial charge in [-0.05, 0) is 24.5 Å². The number of hydrogen-bond acceptors (Lipinski definition) is 4. The van der Waals surface area contributed by atoms with Crippen LogP contribution in [0, 0.1) is 0 Å². The van der Waals surface area contributed by atoms with Crippen molar-refractivity contribution in [3.8, 4) is 0 Å². The van der Waals surface area contributed by atoms with Gasteiger partial charge in [0.1, 0.15) is 0 Å². The number of ether oxygens (including phenoxy) is 2. The summed E-state index contributed by atoms with van der Waals surface area (Å²) in [6.07, 6.45) is 3.27. The van der Waals surface area contributed by atoms with Crippen molar-refractivity contribution in [3.05, 3.63) is 24.0 Å². The molecule has 0 saturated carbocycles. The molecule has 19 heavy (non-hydrogen) atoms. The Bertz CT molecular complexity index is 378. The third-order valence-corrected chi connectivity index (χ3v) is 3.74. The second kappa shape index (κ2) is 6.87. The van der Waals surface area contributed by atoms with Crippen LogP contribution in [0.2, 0.25) is 0 Å². The van der Waals surface area contributed by atoms with Gasteiger partial charge in [0.05, 0.1) is 31.2 Å². The Kier molecular flexibility index (Phi) is 5.16. The van der Waals surface area contributed by atoms with Crippen LogP contribution in [0.3, 0.4) is 0 Å². The predicted molar refractivity (Wildman–Crippen MR) is 76.8 cm³/mol. The molecule has 2 unspecified atom stereocenters. The van der Waals surface area contributed by atoms with Gasteiger partial charge in [0.15, 0.2) is 0 Å². The van der Waals surface area contributed by atoms with E-state index >= 15 is 0 Å². The normalized spacial score (nSPS) is 21.4. The third kappa shape index (κ3) is 3.67. The highest BCUT2D eigenvalue weighted by Gasteiger charge is 2.20. The van der Waals surface area contributed by atoms with E-state index < -0.39 is 0 Å². The molecular weight excluding hydrogens is 240 g/mol. The maximum atomic E-state index is 5.66. The molecule has 0 N–H and O–H groups in total. The summed E-state index contributed by atoms with van der Waals surface area (Å²) in [4.78, 5) is 6.90. The van der Waals surface area contributed by atoms with E-state index in [2.05, 4.69) is 35.9 Å². The number of morpholine rings is 1. The highest BCUT2D eigenvalue weighted by Crippen LogP contribution is 2.21. The Morgan fingerprint density at radius 1 is 1.53 bits per heavy atom. The van der Waals surface area contributed by atoms with E-state index in [1.807, 2.05) is 6.20 Å². The molecule has 4 heteroatoms. The van der Waals surface area contributed by atoms with Crippen LogP contribution < -0.4 is 4.90 Å². The standard InChI is InChI=1S/C15H24N2O2/c1-4-12(2)15-6-5-13(9-16-15)17-7-8-19-14(10-17)11-18-3/h5-6,9,12,14H,4,7-8,10-11H2,1-3H3. The first kappa shape index (κ1) is 14.3. The lowest BCUT2D eigenvalue weighted by Crippen LogP contribution is -2.44. The minimum Gasteiger partial charge on any atom is -0.382 e. The molecule has 2 atom stereocenters. The number of aromatic nitrogens is 1. The maximum Gasteiger partial charge on any atom is 0.0983 e. The SMILES string of the molecule is CCC(C)c1ccc(N2CCOC(COC)C2)cn1. The van der Waals surface area contributed by atoms with E-state index in [1.54, 1.807) is 7.11 Å². The van der Waals surface area contributed by atoms with E-state index in [4.69, 9.17) is 9.47 Å². The maximum absolute atomic E-state index is 5.66. The first-order valence-corrected chi connectivity index (χ1v) is 7.06. The van der Waals surface area contributed by atoms with Gasteiger partial charge in [0.2, 0.25) is 0 Å². The van der Waals surface area contributed by atoms with Crippen LogP contribution in [0.1, 0.15) is 31.9 Å². The van der Waals surface area contributed by atoms with Crippen molar-refractivity contribution in [2.24, 2.45) is 0 Å². The molecule has 2 rings (SSSR count). The zero-order chi connectivity index (χ0) is 13.7. The number of nitrogens with zero attached hydrogens (tertiary/aromatic N) is 2. The Morgan fingerprint density at radius 3 is 3.00 bits per heavy atom. The molecule has 0 aromatic carbocycles. The van der Waals surface area contributed by atoms with Crippen LogP contribution in [-0.2, 0) is 9.47 Å². The van der Waals surface area contributed by atoms with Crippen LogP contribution in [-0.4, -0.2) is 44.5 Å². The number of pyridine rings is 1. The lowest BCUT2D eigenvalue weighted by Gasteiger charge is -2.34. The van der Waals surface area contributed by atoms with Gasteiger partial charge >= 0.3 is 0 Å². The van der Waals surface area contributed by atoms with Crippen molar-refractivity contribution in [3.63, 3.8) is 0 Å². The van der Waals surface area contributed by atoms with Gasteiger partial charge < -0.3 is 14.4 Å². The van der Waals surface area contributed by atoms with Gasteiger partial charge in [-0.1, -0.05) is 13.8 Å². The van der Waals surface area contributed by atoms with E-state index in [1.165, 1.54) is 11.4 Å². The van der Waals surface area contributed by atoms with E-state index in [9.17, 15) is 0 Å². The van der Waals surface area contributed by atoms with Gasteiger partial charge in [-0.2, -0.15) is 0 Å². The second-order valence-corrected chi connectivity index (χ2v) is 5.14. The second-order valence-electron chi connectivity index (χ2n) is 5.14. The summed E-state index contributed by atoms with van der Waals surface area (Å²) in [5, 5.41) is 0. The molecule has 0 bridgehead atoms. The first-order valence-electron chi connectivity index (χ1n) is 7.06. The molecule has 0 amide bonds. The number of anilines is 1. The molecule has 4 nitrogen and oxygen atoms in total. The van der Waals surface area contributed by atoms with Gasteiger partial charge in [-0.3, -0.25) is 4.98 Å². The fourth-order valence-electron chi connectivity index (χ4n) is 2.33. The van der Waals surface area contributed by atoms with Crippen molar-refractivity contribution in [1.29, 1.82) is 0 Å². The van der Waals surface area contributed by atoms with Gasteiger partial charge in [0.25, 0.3) is 0 Å². The number of methoxy groups -OCH3 is 1. The molecule has 2 heterocycles. The fraction of sp³-hybridized carbons (Fsp3) is 0.667. The van der Waals surface area contributed by atoms with Crippen molar-refractivity contribution in [2.75, 3.05) is 38.3 Å². The number of rotatable bonds is 5. The topological polar surface area (TPSA) is 34.6 Å². The minimum atomic E-state index is 0.160. The molecule has 1 fully saturated rings. The Labute approximate surface area is 115 Å². The Balaban J connectivity index is 2.01. The van der Waals surface area contributed by atoms with E-state index in [-0.39, 0.29) is 6.10 Å². The molecule has 1 aromatic rings. The quantitative estimate of drug-likeness (QED) is 0.818. The minimum absolute atomic E-state index is 0.160. The summed E-state index contributed by atoms with van der Waals surface area (Å²) >= 11 is 0.